The zero-order valence-corrected chi connectivity index (χ0v) is 19.1. The summed E-state index contributed by atoms with van der Waals surface area (Å²) in [7, 11) is 0. The van der Waals surface area contributed by atoms with Crippen LogP contribution in [-0.2, 0) is 0 Å². The number of hydrogen-bond acceptors (Lipinski definition) is 2. The fourth-order valence-corrected chi connectivity index (χ4v) is 8.25. The van der Waals surface area contributed by atoms with E-state index in [-0.39, 0.29) is 6.10 Å². The van der Waals surface area contributed by atoms with E-state index in [1.54, 1.807) is 5.57 Å². The summed E-state index contributed by atoms with van der Waals surface area (Å²) in [6.07, 6.45) is 13.9. The van der Waals surface area contributed by atoms with Crippen LogP contribution in [0.3, 0.4) is 0 Å². The lowest BCUT2D eigenvalue weighted by Gasteiger charge is -2.58. The van der Waals surface area contributed by atoms with Crippen molar-refractivity contribution < 1.29 is 5.11 Å². The predicted octanol–water partition coefficient (Wildman–Crippen LogP) is 5.95. The van der Waals surface area contributed by atoms with Gasteiger partial charge in [0.25, 0.3) is 0 Å². The molecule has 2 nitrogen and oxygen atoms in total. The summed E-state index contributed by atoms with van der Waals surface area (Å²) in [5, 5.41) is 14.1. The fraction of sp³-hybridized carbons (Fsp3) is 0.923. The monoisotopic (exact) mass is 387 g/mol. The van der Waals surface area contributed by atoms with Crippen LogP contribution in [0.15, 0.2) is 11.6 Å². The first-order chi connectivity index (χ1) is 13.3. The van der Waals surface area contributed by atoms with Crippen molar-refractivity contribution in [3.63, 3.8) is 0 Å². The van der Waals surface area contributed by atoms with Crippen LogP contribution in [0, 0.1) is 40.4 Å². The van der Waals surface area contributed by atoms with Gasteiger partial charge < -0.3 is 10.4 Å². The molecule has 0 aliphatic heterocycles. The minimum Gasteiger partial charge on any atom is -0.393 e. The first-order valence-electron chi connectivity index (χ1n) is 12.4. The average molecular weight is 388 g/mol. The van der Waals surface area contributed by atoms with E-state index in [0.29, 0.717) is 16.9 Å². The van der Waals surface area contributed by atoms with Gasteiger partial charge in [-0.05, 0) is 112 Å². The van der Waals surface area contributed by atoms with E-state index in [1.807, 2.05) is 0 Å². The molecule has 4 rings (SSSR count). The summed E-state index contributed by atoms with van der Waals surface area (Å²) < 4.78 is 0. The van der Waals surface area contributed by atoms with Gasteiger partial charge in [-0.3, -0.25) is 0 Å². The third-order valence-electron chi connectivity index (χ3n) is 9.94. The second-order valence-electron chi connectivity index (χ2n) is 11.8. The predicted molar refractivity (Wildman–Crippen MR) is 118 cm³/mol. The Morgan fingerprint density at radius 2 is 1.86 bits per heavy atom. The molecule has 2 N–H and O–H groups in total. The molecule has 8 atom stereocenters. The maximum atomic E-state index is 10.2. The first-order valence-corrected chi connectivity index (χ1v) is 12.4. The van der Waals surface area contributed by atoms with Gasteiger partial charge in [-0.2, -0.15) is 0 Å². The van der Waals surface area contributed by atoms with Crippen LogP contribution < -0.4 is 5.32 Å². The van der Waals surface area contributed by atoms with Crippen molar-refractivity contribution in [3.05, 3.63) is 11.6 Å². The Labute approximate surface area is 173 Å². The quantitative estimate of drug-likeness (QED) is 0.571. The van der Waals surface area contributed by atoms with Crippen LogP contribution in [0.1, 0.15) is 92.4 Å². The van der Waals surface area contributed by atoms with Gasteiger partial charge in [-0.1, -0.05) is 39.3 Å². The topological polar surface area (TPSA) is 32.3 Å². The van der Waals surface area contributed by atoms with Crippen molar-refractivity contribution in [3.8, 4) is 0 Å². The highest BCUT2D eigenvalue weighted by molar-refractivity contribution is 5.25. The van der Waals surface area contributed by atoms with E-state index >= 15 is 0 Å². The molecule has 0 saturated heterocycles. The molecule has 0 aromatic heterocycles. The lowest BCUT2D eigenvalue weighted by molar-refractivity contribution is -0.0535. The lowest BCUT2D eigenvalue weighted by Crippen LogP contribution is -2.52. The number of hydrogen-bond donors (Lipinski definition) is 2. The highest BCUT2D eigenvalue weighted by Gasteiger charge is 2.59. The Hall–Kier alpha value is -0.340. The first kappa shape index (κ1) is 20.9. The fourth-order valence-electron chi connectivity index (χ4n) is 8.25. The maximum Gasteiger partial charge on any atom is 0.0577 e. The molecule has 0 spiro atoms. The standard InChI is InChI=1S/C26H45NO/c1-17(2)12-15-27-18(3)22-8-9-23-21-7-6-19-16-20(28)10-13-25(19,4)24(21)11-14-26(22,23)5/h6,17-18,20-24,27-28H,7-16H2,1-5H3/t18-,20+,21+,22-,23+,24+,25+,26-/m1/s1. The normalized spacial score (nSPS) is 46.5. The lowest BCUT2D eigenvalue weighted by atomic mass is 9.47. The van der Waals surface area contributed by atoms with Crippen molar-refractivity contribution in [2.45, 2.75) is 105 Å². The van der Waals surface area contributed by atoms with Crippen molar-refractivity contribution in [2.24, 2.45) is 40.4 Å². The zero-order valence-electron chi connectivity index (χ0n) is 19.1. The molecule has 0 aromatic carbocycles. The third-order valence-corrected chi connectivity index (χ3v) is 9.94. The molecular weight excluding hydrogens is 342 g/mol. The van der Waals surface area contributed by atoms with Gasteiger partial charge in [0.15, 0.2) is 0 Å². The number of nitrogens with one attached hydrogen (secondary N) is 1. The number of rotatable bonds is 5. The van der Waals surface area contributed by atoms with Crippen molar-refractivity contribution in [1.82, 2.24) is 5.32 Å². The van der Waals surface area contributed by atoms with Crippen LogP contribution in [0.4, 0.5) is 0 Å². The Balaban J connectivity index is 1.49. The minimum absolute atomic E-state index is 0.0849. The van der Waals surface area contributed by atoms with Crippen LogP contribution in [0.25, 0.3) is 0 Å². The van der Waals surface area contributed by atoms with Crippen molar-refractivity contribution >= 4 is 0 Å². The third kappa shape index (κ3) is 3.41. The maximum absolute atomic E-state index is 10.2. The van der Waals surface area contributed by atoms with Crippen LogP contribution in [0.5, 0.6) is 0 Å². The van der Waals surface area contributed by atoms with E-state index in [2.05, 4.69) is 46.0 Å². The molecule has 4 aliphatic rings. The van der Waals surface area contributed by atoms with Crippen LogP contribution in [0.2, 0.25) is 0 Å². The molecule has 2 heteroatoms. The molecule has 0 unspecified atom stereocenters. The van der Waals surface area contributed by atoms with Gasteiger partial charge in [0, 0.05) is 6.04 Å². The number of fused-ring (bicyclic) bond motifs is 5. The van der Waals surface area contributed by atoms with E-state index in [9.17, 15) is 5.11 Å². The molecule has 0 radical (unpaired) electrons. The number of aliphatic hydroxyl groups excluding tert-OH is 1. The van der Waals surface area contributed by atoms with E-state index in [4.69, 9.17) is 0 Å². The van der Waals surface area contributed by atoms with Gasteiger partial charge in [0.1, 0.15) is 0 Å². The van der Waals surface area contributed by atoms with Crippen molar-refractivity contribution in [2.75, 3.05) is 6.54 Å². The zero-order chi connectivity index (χ0) is 20.1. The van der Waals surface area contributed by atoms with E-state index < -0.39 is 0 Å². The average Bonchev–Trinajstić information content (AvgIpc) is 2.99. The van der Waals surface area contributed by atoms with Gasteiger partial charge >= 0.3 is 0 Å². The van der Waals surface area contributed by atoms with Gasteiger partial charge in [-0.15, -0.1) is 0 Å². The molecule has 160 valence electrons. The minimum atomic E-state index is -0.0849. The van der Waals surface area contributed by atoms with Crippen LogP contribution in [-0.4, -0.2) is 23.8 Å². The van der Waals surface area contributed by atoms with E-state index in [1.165, 1.54) is 51.5 Å². The Bertz CT molecular complexity index is 597. The Morgan fingerprint density at radius 1 is 1.07 bits per heavy atom. The van der Waals surface area contributed by atoms with Crippen LogP contribution >= 0.6 is 0 Å². The summed E-state index contributed by atoms with van der Waals surface area (Å²) in [4.78, 5) is 0. The second kappa shape index (κ2) is 7.73. The molecule has 4 aliphatic carbocycles. The smallest absolute Gasteiger partial charge is 0.0577 e. The summed E-state index contributed by atoms with van der Waals surface area (Å²) in [6.45, 7) is 13.5. The van der Waals surface area contributed by atoms with Gasteiger partial charge in [-0.25, -0.2) is 0 Å². The summed E-state index contributed by atoms with van der Waals surface area (Å²) in [5.74, 6) is 4.29. The molecule has 3 saturated carbocycles. The second-order valence-corrected chi connectivity index (χ2v) is 11.8. The largest absolute Gasteiger partial charge is 0.393 e. The summed E-state index contributed by atoms with van der Waals surface area (Å²) >= 11 is 0. The molecule has 3 fully saturated rings. The number of aliphatic hydroxyl groups is 1. The summed E-state index contributed by atoms with van der Waals surface area (Å²) in [6, 6.07) is 0.653. The van der Waals surface area contributed by atoms with E-state index in [0.717, 1.165) is 42.4 Å². The molecule has 0 amide bonds. The molecule has 28 heavy (non-hydrogen) atoms. The molecule has 0 bridgehead atoms. The molecular formula is C26H45NO. The summed E-state index contributed by atoms with van der Waals surface area (Å²) in [5.41, 5.74) is 2.51. The molecule has 0 heterocycles. The van der Waals surface area contributed by atoms with Crippen molar-refractivity contribution in [1.29, 1.82) is 0 Å². The van der Waals surface area contributed by atoms with Gasteiger partial charge in [0.2, 0.25) is 0 Å². The SMILES string of the molecule is CC(C)CCN[C@H](C)[C@H]1CC[C@H]2[C@@H]3CC=C4C[C@@H](O)CC[C@]4(C)[C@H]3CC[C@]12C. The Morgan fingerprint density at radius 3 is 2.61 bits per heavy atom. The highest BCUT2D eigenvalue weighted by atomic mass is 16.3. The van der Waals surface area contributed by atoms with Gasteiger partial charge in [0.05, 0.1) is 6.10 Å². The number of allylic oxidation sites excluding steroid dienone is 1. The highest BCUT2D eigenvalue weighted by Crippen LogP contribution is 2.66. The Kier molecular flexibility index (Phi) is 5.77. The molecule has 0 aromatic rings.